The second kappa shape index (κ2) is 4.28. The van der Waals surface area contributed by atoms with Crippen LogP contribution in [-0.2, 0) is 9.53 Å². The van der Waals surface area contributed by atoms with Gasteiger partial charge in [0.05, 0.1) is 30.6 Å². The molecule has 4 nitrogen and oxygen atoms in total. The van der Waals surface area contributed by atoms with E-state index in [0.29, 0.717) is 18.6 Å². The van der Waals surface area contributed by atoms with E-state index in [1.54, 1.807) is 13.8 Å². The second-order valence-electron chi connectivity index (χ2n) is 3.27. The molecule has 0 aromatic rings. The molecule has 0 radical (unpaired) electrons. The zero-order valence-electron chi connectivity index (χ0n) is 7.91. The predicted molar refractivity (Wildman–Crippen MR) is 47.9 cm³/mol. The number of aliphatic hydroxyl groups is 1. The minimum atomic E-state index is -0.535. The van der Waals surface area contributed by atoms with Crippen molar-refractivity contribution in [3.05, 3.63) is 11.8 Å². The standard InChI is InChI=1S/C9H15NO3/c1-6(7(2)11)10-9(12)8-3-4-13-5-8/h5-7,11H,3-4H2,1-2H3,(H,10,12). The largest absolute Gasteiger partial charge is 0.500 e. The van der Waals surface area contributed by atoms with Crippen LogP contribution in [0.1, 0.15) is 20.3 Å². The van der Waals surface area contributed by atoms with Crippen LogP contribution in [0.3, 0.4) is 0 Å². The van der Waals surface area contributed by atoms with Crippen molar-refractivity contribution in [2.75, 3.05) is 6.61 Å². The summed E-state index contributed by atoms with van der Waals surface area (Å²) in [5.41, 5.74) is 0.646. The van der Waals surface area contributed by atoms with Crippen molar-refractivity contribution in [2.24, 2.45) is 0 Å². The monoisotopic (exact) mass is 185 g/mol. The van der Waals surface area contributed by atoms with E-state index >= 15 is 0 Å². The molecule has 13 heavy (non-hydrogen) atoms. The number of ether oxygens (including phenoxy) is 1. The molecule has 0 bridgehead atoms. The van der Waals surface area contributed by atoms with Gasteiger partial charge in [0.15, 0.2) is 0 Å². The Morgan fingerprint density at radius 3 is 2.85 bits per heavy atom. The maximum absolute atomic E-state index is 11.4. The minimum Gasteiger partial charge on any atom is -0.500 e. The van der Waals surface area contributed by atoms with E-state index in [2.05, 4.69) is 5.32 Å². The van der Waals surface area contributed by atoms with E-state index in [4.69, 9.17) is 9.84 Å². The Balaban J connectivity index is 2.40. The second-order valence-corrected chi connectivity index (χ2v) is 3.27. The molecule has 0 spiro atoms. The van der Waals surface area contributed by atoms with Crippen molar-refractivity contribution < 1.29 is 14.6 Å². The van der Waals surface area contributed by atoms with Gasteiger partial charge in [0, 0.05) is 6.42 Å². The quantitative estimate of drug-likeness (QED) is 0.659. The van der Waals surface area contributed by atoms with Crippen molar-refractivity contribution in [1.29, 1.82) is 0 Å². The lowest BCUT2D eigenvalue weighted by molar-refractivity contribution is -0.118. The predicted octanol–water partition coefficient (Wildman–Crippen LogP) is 0.176. The fraction of sp³-hybridized carbons (Fsp3) is 0.667. The normalized spacial score (nSPS) is 20.1. The molecule has 74 valence electrons. The summed E-state index contributed by atoms with van der Waals surface area (Å²) >= 11 is 0. The van der Waals surface area contributed by atoms with Gasteiger partial charge in [0.1, 0.15) is 0 Å². The zero-order chi connectivity index (χ0) is 9.84. The van der Waals surface area contributed by atoms with Crippen molar-refractivity contribution in [3.8, 4) is 0 Å². The molecule has 2 N–H and O–H groups in total. The highest BCUT2D eigenvalue weighted by atomic mass is 16.5. The average Bonchev–Trinajstić information content (AvgIpc) is 2.55. The highest BCUT2D eigenvalue weighted by Gasteiger charge is 2.18. The van der Waals surface area contributed by atoms with Gasteiger partial charge in [0.25, 0.3) is 5.91 Å². The minimum absolute atomic E-state index is 0.147. The lowest BCUT2D eigenvalue weighted by Crippen LogP contribution is -2.40. The van der Waals surface area contributed by atoms with Gasteiger partial charge in [-0.25, -0.2) is 0 Å². The van der Waals surface area contributed by atoms with Crippen molar-refractivity contribution in [1.82, 2.24) is 5.32 Å². The molecule has 1 rings (SSSR count). The molecule has 4 heteroatoms. The third-order valence-electron chi connectivity index (χ3n) is 2.09. The van der Waals surface area contributed by atoms with E-state index in [-0.39, 0.29) is 11.9 Å². The van der Waals surface area contributed by atoms with E-state index in [9.17, 15) is 4.79 Å². The summed E-state index contributed by atoms with van der Waals surface area (Å²) in [6.07, 6.45) is 1.59. The number of nitrogens with one attached hydrogen (secondary N) is 1. The van der Waals surface area contributed by atoms with Crippen LogP contribution in [0.15, 0.2) is 11.8 Å². The maximum atomic E-state index is 11.4. The van der Waals surface area contributed by atoms with Gasteiger partial charge < -0.3 is 15.2 Å². The summed E-state index contributed by atoms with van der Waals surface area (Å²) in [7, 11) is 0. The number of aliphatic hydroxyl groups excluding tert-OH is 1. The molecule has 0 saturated heterocycles. The van der Waals surface area contributed by atoms with Crippen LogP contribution in [0.5, 0.6) is 0 Å². The first kappa shape index (κ1) is 10.1. The lowest BCUT2D eigenvalue weighted by atomic mass is 10.1. The Hall–Kier alpha value is -1.03. The highest BCUT2D eigenvalue weighted by molar-refractivity contribution is 5.93. The summed E-state index contributed by atoms with van der Waals surface area (Å²) in [4.78, 5) is 11.4. The highest BCUT2D eigenvalue weighted by Crippen LogP contribution is 2.10. The Kier molecular flexibility index (Phi) is 3.31. The molecule has 1 aliphatic heterocycles. The van der Waals surface area contributed by atoms with Gasteiger partial charge in [-0.1, -0.05) is 0 Å². The smallest absolute Gasteiger partial charge is 0.250 e. The summed E-state index contributed by atoms with van der Waals surface area (Å²) in [5.74, 6) is -0.147. The first-order valence-corrected chi connectivity index (χ1v) is 4.41. The molecule has 1 aliphatic rings. The summed E-state index contributed by atoms with van der Waals surface area (Å²) in [6, 6.07) is -0.228. The van der Waals surface area contributed by atoms with E-state index in [1.165, 1.54) is 6.26 Å². The molecule has 0 saturated carbocycles. The Bertz CT molecular complexity index is 223. The molecular weight excluding hydrogens is 170 g/mol. The Morgan fingerprint density at radius 2 is 2.38 bits per heavy atom. The number of amides is 1. The van der Waals surface area contributed by atoms with Crippen molar-refractivity contribution >= 4 is 5.91 Å². The summed E-state index contributed by atoms with van der Waals surface area (Å²) in [5, 5.41) is 11.8. The van der Waals surface area contributed by atoms with E-state index < -0.39 is 6.10 Å². The average molecular weight is 185 g/mol. The van der Waals surface area contributed by atoms with Gasteiger partial charge in [-0.3, -0.25) is 4.79 Å². The molecule has 0 aromatic heterocycles. The summed E-state index contributed by atoms with van der Waals surface area (Å²) in [6.45, 7) is 3.98. The number of carbonyl (C=O) groups excluding carboxylic acids is 1. The van der Waals surface area contributed by atoms with Crippen LogP contribution < -0.4 is 5.32 Å². The van der Waals surface area contributed by atoms with Gasteiger partial charge in [-0.05, 0) is 13.8 Å². The maximum Gasteiger partial charge on any atom is 0.250 e. The van der Waals surface area contributed by atoms with Gasteiger partial charge >= 0.3 is 0 Å². The first-order chi connectivity index (χ1) is 6.11. The molecule has 1 amide bonds. The summed E-state index contributed by atoms with van der Waals surface area (Å²) < 4.78 is 4.93. The zero-order valence-corrected chi connectivity index (χ0v) is 7.91. The van der Waals surface area contributed by atoms with Crippen LogP contribution in [0.2, 0.25) is 0 Å². The van der Waals surface area contributed by atoms with Crippen LogP contribution in [0.25, 0.3) is 0 Å². The fourth-order valence-electron chi connectivity index (χ4n) is 0.974. The topological polar surface area (TPSA) is 58.6 Å². The van der Waals surface area contributed by atoms with E-state index in [1.807, 2.05) is 0 Å². The molecule has 1 heterocycles. The number of carbonyl (C=O) groups is 1. The Labute approximate surface area is 77.6 Å². The molecule has 0 aliphatic carbocycles. The van der Waals surface area contributed by atoms with Crippen LogP contribution in [-0.4, -0.2) is 29.8 Å². The van der Waals surface area contributed by atoms with Gasteiger partial charge in [0.2, 0.25) is 0 Å². The first-order valence-electron chi connectivity index (χ1n) is 4.41. The van der Waals surface area contributed by atoms with Crippen LogP contribution in [0, 0.1) is 0 Å². The van der Waals surface area contributed by atoms with Crippen molar-refractivity contribution in [2.45, 2.75) is 32.4 Å². The van der Waals surface area contributed by atoms with E-state index in [0.717, 1.165) is 0 Å². The molecule has 2 unspecified atom stereocenters. The lowest BCUT2D eigenvalue weighted by Gasteiger charge is -2.16. The molecule has 0 fully saturated rings. The van der Waals surface area contributed by atoms with Gasteiger partial charge in [-0.15, -0.1) is 0 Å². The van der Waals surface area contributed by atoms with Gasteiger partial charge in [-0.2, -0.15) is 0 Å². The Morgan fingerprint density at radius 1 is 1.69 bits per heavy atom. The van der Waals surface area contributed by atoms with Crippen LogP contribution in [0.4, 0.5) is 0 Å². The third kappa shape index (κ3) is 2.73. The number of hydrogen-bond donors (Lipinski definition) is 2. The van der Waals surface area contributed by atoms with Crippen molar-refractivity contribution in [3.63, 3.8) is 0 Å². The third-order valence-corrected chi connectivity index (χ3v) is 2.09. The SMILES string of the molecule is CC(O)C(C)NC(=O)C1=COCC1. The number of hydrogen-bond acceptors (Lipinski definition) is 3. The molecule has 2 atom stereocenters. The molecular formula is C9H15NO3. The van der Waals surface area contributed by atoms with Crippen LogP contribution >= 0.6 is 0 Å². The number of rotatable bonds is 3. The molecule has 0 aromatic carbocycles. The fourth-order valence-corrected chi connectivity index (χ4v) is 0.974.